The summed E-state index contributed by atoms with van der Waals surface area (Å²) < 4.78 is 19.8. The molecule has 10 nitrogen and oxygen atoms in total. The van der Waals surface area contributed by atoms with E-state index in [1.165, 1.54) is 16.5 Å². The molecule has 5 aromatic rings. The number of carbonyl (C=O) groups excluding carboxylic acids is 1. The molecule has 0 unspecified atom stereocenters. The van der Waals surface area contributed by atoms with E-state index in [0.29, 0.717) is 62.0 Å². The van der Waals surface area contributed by atoms with Gasteiger partial charge in [-0.05, 0) is 78.7 Å². The van der Waals surface area contributed by atoms with Crippen molar-refractivity contribution >= 4 is 21.9 Å². The van der Waals surface area contributed by atoms with Crippen LogP contribution in [0, 0.1) is 13.8 Å². The second-order valence-corrected chi connectivity index (χ2v) is 10.7. The second-order valence-electron chi connectivity index (χ2n) is 9.81. The molecule has 0 spiro atoms. The number of ether oxygens (including phenoxy) is 3. The van der Waals surface area contributed by atoms with Crippen LogP contribution in [-0.4, -0.2) is 45.9 Å². The highest BCUT2D eigenvalue weighted by Crippen LogP contribution is 2.42. The third kappa shape index (κ3) is 5.80. The average molecular weight is 648 g/mol. The lowest BCUT2D eigenvalue weighted by Crippen LogP contribution is -2.25. The van der Waals surface area contributed by atoms with Crippen LogP contribution in [0.3, 0.4) is 0 Å². The number of carbonyl (C=O) groups is 1. The van der Waals surface area contributed by atoms with Crippen LogP contribution >= 0.6 is 15.9 Å². The molecule has 0 bridgehead atoms. The fourth-order valence-corrected chi connectivity index (χ4v) is 5.72. The molecule has 0 saturated carbocycles. The lowest BCUT2D eigenvalue weighted by molar-refractivity contribution is -0.142. The van der Waals surface area contributed by atoms with Crippen LogP contribution < -0.4 is 20.6 Å². The zero-order valence-electron chi connectivity index (χ0n) is 24.1. The summed E-state index contributed by atoms with van der Waals surface area (Å²) in [4.78, 5) is 40.1. The average Bonchev–Trinajstić information content (AvgIpc) is 3.47. The number of methoxy groups -OCH3 is 1. The van der Waals surface area contributed by atoms with E-state index in [1.54, 1.807) is 12.1 Å². The van der Waals surface area contributed by atoms with Gasteiger partial charge in [0.05, 0.1) is 40.7 Å². The van der Waals surface area contributed by atoms with Gasteiger partial charge in [0.2, 0.25) is 0 Å². The maximum Gasteiger partial charge on any atom is 0.343 e. The van der Waals surface area contributed by atoms with E-state index in [0.717, 1.165) is 0 Å². The molecular formula is C32H31BrN4O6. The number of nitrogens with zero attached hydrogens (tertiary/aromatic N) is 2. The molecule has 2 aromatic heterocycles. The summed E-state index contributed by atoms with van der Waals surface area (Å²) in [6.07, 6.45) is 0. The Labute approximate surface area is 255 Å². The number of esters is 1. The molecule has 0 radical (unpaired) electrons. The first-order valence-corrected chi connectivity index (χ1v) is 14.4. The van der Waals surface area contributed by atoms with Gasteiger partial charge in [0, 0.05) is 17.3 Å². The van der Waals surface area contributed by atoms with Gasteiger partial charge in [0.1, 0.15) is 0 Å². The predicted octanol–water partition coefficient (Wildman–Crippen LogP) is 5.15. The normalized spacial score (nSPS) is 11.1. The number of benzene rings is 3. The van der Waals surface area contributed by atoms with Crippen LogP contribution in [-0.2, 0) is 9.53 Å². The van der Waals surface area contributed by atoms with Crippen molar-refractivity contribution in [1.29, 1.82) is 0 Å². The van der Waals surface area contributed by atoms with E-state index in [9.17, 15) is 14.4 Å². The fourth-order valence-electron chi connectivity index (χ4n) is 5.14. The molecular weight excluding hydrogens is 616 g/mol. The van der Waals surface area contributed by atoms with Crippen LogP contribution in [0.4, 0.5) is 0 Å². The Bertz CT molecular complexity index is 1770. The number of hydrogen-bond donors (Lipinski definition) is 2. The molecule has 2 N–H and O–H groups in total. The van der Waals surface area contributed by atoms with Crippen molar-refractivity contribution in [3.8, 4) is 22.9 Å². The molecule has 0 fully saturated rings. The summed E-state index contributed by atoms with van der Waals surface area (Å²) in [5.41, 5.74) is 3.36. The van der Waals surface area contributed by atoms with E-state index in [-0.39, 0.29) is 17.7 Å². The molecule has 3 aromatic carbocycles. The van der Waals surface area contributed by atoms with Crippen molar-refractivity contribution < 1.29 is 19.0 Å². The lowest BCUT2D eigenvalue weighted by atomic mass is 9.85. The van der Waals surface area contributed by atoms with Gasteiger partial charge in [-0.1, -0.05) is 36.4 Å². The minimum absolute atomic E-state index is 0.292. The third-order valence-electron chi connectivity index (χ3n) is 7.07. The smallest absolute Gasteiger partial charge is 0.343 e. The SMILES string of the molecule is CCOc1cc(C(c2c(C)[nH]n(-c3ccccc3)c2=O)c2c(C)[nH]n(-c3ccccc3)c2=O)cc(Br)c1OCC(=O)OC. The highest BCUT2D eigenvalue weighted by Gasteiger charge is 2.32. The number of hydrogen-bond acceptors (Lipinski definition) is 6. The molecule has 0 amide bonds. The lowest BCUT2D eigenvalue weighted by Gasteiger charge is -2.20. The predicted molar refractivity (Wildman–Crippen MR) is 166 cm³/mol. The van der Waals surface area contributed by atoms with E-state index >= 15 is 0 Å². The number of H-pyrrole nitrogens is 2. The van der Waals surface area contributed by atoms with Crippen molar-refractivity contribution in [2.45, 2.75) is 26.7 Å². The molecule has 5 rings (SSSR count). The Morgan fingerprint density at radius 1 is 0.837 bits per heavy atom. The molecule has 0 aliphatic heterocycles. The maximum atomic E-state index is 14.1. The van der Waals surface area contributed by atoms with Gasteiger partial charge in [-0.15, -0.1) is 0 Å². The molecule has 222 valence electrons. The first kappa shape index (κ1) is 29.7. The van der Waals surface area contributed by atoms with E-state index in [1.807, 2.05) is 81.4 Å². The highest BCUT2D eigenvalue weighted by atomic mass is 79.9. The Kier molecular flexibility index (Phi) is 8.72. The Hall–Kier alpha value is -4.77. The molecule has 0 aliphatic rings. The van der Waals surface area contributed by atoms with Gasteiger partial charge in [-0.2, -0.15) is 0 Å². The Balaban J connectivity index is 1.76. The standard InChI is InChI=1S/C32H31BrN4O6/c1-5-42-25-17-21(16-24(33)30(25)43-18-26(38)41-4)29(27-19(2)34-36(31(27)39)22-12-8-6-9-13-22)28-20(3)35-37(32(28)40)23-14-10-7-11-15-23/h6-17,29,34-35H,5,18H2,1-4H3. The third-order valence-corrected chi connectivity index (χ3v) is 7.66. The Morgan fingerprint density at radius 2 is 1.35 bits per heavy atom. The van der Waals surface area contributed by atoms with Crippen LogP contribution in [0.2, 0.25) is 0 Å². The quantitative estimate of drug-likeness (QED) is 0.202. The molecule has 0 atom stereocenters. The van der Waals surface area contributed by atoms with Crippen molar-refractivity contribution in [2.75, 3.05) is 20.3 Å². The highest BCUT2D eigenvalue weighted by molar-refractivity contribution is 9.10. The fraction of sp³-hybridized carbons (Fsp3) is 0.219. The summed E-state index contributed by atoms with van der Waals surface area (Å²) in [6, 6.07) is 22.0. The number of para-hydroxylation sites is 2. The zero-order chi connectivity index (χ0) is 30.7. The van der Waals surface area contributed by atoms with Gasteiger partial charge in [0.25, 0.3) is 11.1 Å². The molecule has 0 saturated heterocycles. The summed E-state index contributed by atoms with van der Waals surface area (Å²) in [5.74, 6) is -0.707. The van der Waals surface area contributed by atoms with E-state index in [2.05, 4.69) is 26.1 Å². The maximum absolute atomic E-state index is 14.1. The largest absolute Gasteiger partial charge is 0.490 e. The van der Waals surface area contributed by atoms with Crippen LogP contribution in [0.15, 0.2) is 86.9 Å². The van der Waals surface area contributed by atoms with Crippen molar-refractivity contribution in [2.24, 2.45) is 0 Å². The topological polar surface area (TPSA) is 120 Å². The summed E-state index contributed by atoms with van der Waals surface area (Å²) in [7, 11) is 1.28. The van der Waals surface area contributed by atoms with Gasteiger partial charge >= 0.3 is 5.97 Å². The minimum atomic E-state index is -0.799. The van der Waals surface area contributed by atoms with Crippen LogP contribution in [0.1, 0.15) is 40.9 Å². The molecule has 2 heterocycles. The second kappa shape index (κ2) is 12.6. The van der Waals surface area contributed by atoms with Crippen molar-refractivity contribution in [3.05, 3.63) is 126 Å². The van der Waals surface area contributed by atoms with Crippen LogP contribution in [0.5, 0.6) is 11.5 Å². The summed E-state index contributed by atoms with van der Waals surface area (Å²) in [5, 5.41) is 6.40. The number of aromatic nitrogens is 4. The van der Waals surface area contributed by atoms with Gasteiger partial charge < -0.3 is 14.2 Å². The minimum Gasteiger partial charge on any atom is -0.490 e. The van der Waals surface area contributed by atoms with E-state index in [4.69, 9.17) is 14.2 Å². The molecule has 11 heteroatoms. The summed E-state index contributed by atoms with van der Waals surface area (Å²) >= 11 is 3.57. The number of aromatic amines is 2. The Morgan fingerprint density at radius 3 is 1.81 bits per heavy atom. The number of nitrogens with one attached hydrogen (secondary N) is 2. The molecule has 43 heavy (non-hydrogen) atoms. The van der Waals surface area contributed by atoms with Crippen molar-refractivity contribution in [1.82, 2.24) is 19.6 Å². The number of halogens is 1. The van der Waals surface area contributed by atoms with E-state index < -0.39 is 11.9 Å². The first-order chi connectivity index (χ1) is 20.7. The van der Waals surface area contributed by atoms with Crippen LogP contribution in [0.25, 0.3) is 11.4 Å². The molecule has 0 aliphatic carbocycles. The number of rotatable bonds is 10. The summed E-state index contributed by atoms with van der Waals surface area (Å²) in [6.45, 7) is 5.44. The van der Waals surface area contributed by atoms with Gasteiger partial charge in [0.15, 0.2) is 18.1 Å². The first-order valence-electron chi connectivity index (χ1n) is 13.6. The number of aryl methyl sites for hydroxylation is 2. The zero-order valence-corrected chi connectivity index (χ0v) is 25.7. The van der Waals surface area contributed by atoms with Gasteiger partial charge in [-0.3, -0.25) is 19.8 Å². The monoisotopic (exact) mass is 646 g/mol. The van der Waals surface area contributed by atoms with Crippen molar-refractivity contribution in [3.63, 3.8) is 0 Å². The van der Waals surface area contributed by atoms with Gasteiger partial charge in [-0.25, -0.2) is 14.2 Å².